The maximum atomic E-state index is 13.4. The molecule has 1 fully saturated rings. The molecule has 0 aromatic heterocycles. The molecule has 0 bridgehead atoms. The fourth-order valence-electron chi connectivity index (χ4n) is 4.91. The Morgan fingerprint density at radius 1 is 0.941 bits per heavy atom. The molecule has 3 aromatic rings. The molecule has 1 aliphatic heterocycles. The highest BCUT2D eigenvalue weighted by atomic mass is 19.1. The number of halogens is 1. The van der Waals surface area contributed by atoms with Gasteiger partial charge in [-0.25, -0.2) is 4.39 Å². The number of nitrogens with zero attached hydrogens (tertiary/aromatic N) is 1. The number of aliphatic hydroxyl groups is 1. The van der Waals surface area contributed by atoms with E-state index in [-0.39, 0.29) is 23.6 Å². The Balaban J connectivity index is 1.63. The lowest BCUT2D eigenvalue weighted by molar-refractivity contribution is -0.140. The molecule has 1 atom stereocenters. The van der Waals surface area contributed by atoms with Gasteiger partial charge in [0.25, 0.3) is 11.7 Å². The van der Waals surface area contributed by atoms with Gasteiger partial charge in [-0.05, 0) is 78.3 Å². The molecule has 0 radical (unpaired) electrons. The third kappa shape index (κ3) is 3.96. The van der Waals surface area contributed by atoms with Crippen LogP contribution in [0, 0.1) is 5.82 Å². The Bertz CT molecular complexity index is 1310. The van der Waals surface area contributed by atoms with E-state index < -0.39 is 23.5 Å². The van der Waals surface area contributed by atoms with Crippen molar-refractivity contribution < 1.29 is 24.2 Å². The Morgan fingerprint density at radius 2 is 1.68 bits per heavy atom. The summed E-state index contributed by atoms with van der Waals surface area (Å²) in [5.74, 6) is -2.19. The monoisotopic (exact) mass is 457 g/mol. The summed E-state index contributed by atoms with van der Waals surface area (Å²) in [7, 11) is 0. The van der Waals surface area contributed by atoms with Crippen LogP contribution in [0.15, 0.2) is 72.3 Å². The molecule has 0 spiro atoms. The molecule has 0 saturated carbocycles. The molecule has 2 aliphatic rings. The van der Waals surface area contributed by atoms with Gasteiger partial charge in [0.05, 0.1) is 11.6 Å². The van der Waals surface area contributed by atoms with E-state index in [1.165, 1.54) is 34.7 Å². The van der Waals surface area contributed by atoms with Crippen LogP contribution in [-0.4, -0.2) is 26.8 Å². The number of amides is 1. The number of hydrogen-bond acceptors (Lipinski definition) is 4. The molecule has 34 heavy (non-hydrogen) atoms. The maximum Gasteiger partial charge on any atom is 0.295 e. The van der Waals surface area contributed by atoms with Crippen molar-refractivity contribution in [3.05, 3.63) is 106 Å². The third-order valence-corrected chi connectivity index (χ3v) is 6.61. The highest BCUT2D eigenvalue weighted by Gasteiger charge is 2.46. The summed E-state index contributed by atoms with van der Waals surface area (Å²) >= 11 is 0. The topological polar surface area (TPSA) is 77.8 Å². The van der Waals surface area contributed by atoms with Crippen molar-refractivity contribution in [1.29, 1.82) is 0 Å². The van der Waals surface area contributed by atoms with Crippen molar-refractivity contribution in [3.63, 3.8) is 0 Å². The zero-order valence-electron chi connectivity index (χ0n) is 18.5. The Morgan fingerprint density at radius 3 is 2.41 bits per heavy atom. The van der Waals surface area contributed by atoms with Crippen molar-refractivity contribution in [2.24, 2.45) is 0 Å². The molecule has 6 heteroatoms. The number of carbonyl (C=O) groups excluding carboxylic acids is 2. The van der Waals surface area contributed by atoms with Gasteiger partial charge in [0.2, 0.25) is 0 Å². The van der Waals surface area contributed by atoms with Crippen LogP contribution in [0.5, 0.6) is 5.75 Å². The highest BCUT2D eigenvalue weighted by molar-refractivity contribution is 6.46. The van der Waals surface area contributed by atoms with Gasteiger partial charge >= 0.3 is 0 Å². The van der Waals surface area contributed by atoms with Gasteiger partial charge in [0.15, 0.2) is 0 Å². The molecule has 5 rings (SSSR count). The van der Waals surface area contributed by atoms with E-state index in [9.17, 15) is 24.2 Å². The maximum absolute atomic E-state index is 13.4. The number of phenolic OH excluding ortho intramolecular Hbond substituents is 1. The Kier molecular flexibility index (Phi) is 5.65. The summed E-state index contributed by atoms with van der Waals surface area (Å²) in [6.07, 6.45) is 4.10. The predicted molar refractivity (Wildman–Crippen MR) is 125 cm³/mol. The number of aliphatic hydroxyl groups excluding tert-OH is 1. The molecular weight excluding hydrogens is 433 g/mol. The zero-order chi connectivity index (χ0) is 23.8. The van der Waals surface area contributed by atoms with Crippen LogP contribution in [0.1, 0.15) is 46.7 Å². The molecule has 172 valence electrons. The number of ketones is 1. The number of benzene rings is 3. The molecule has 1 unspecified atom stereocenters. The molecule has 1 saturated heterocycles. The number of Topliss-reactive ketones (excluding diaryl/α,β-unsaturated/α-hetero) is 1. The quantitative estimate of drug-likeness (QED) is 0.327. The first-order chi connectivity index (χ1) is 16.4. The van der Waals surface area contributed by atoms with Crippen molar-refractivity contribution in [1.82, 2.24) is 4.90 Å². The lowest BCUT2D eigenvalue weighted by Crippen LogP contribution is -2.29. The second-order valence-corrected chi connectivity index (χ2v) is 8.84. The summed E-state index contributed by atoms with van der Waals surface area (Å²) < 4.78 is 13.4. The van der Waals surface area contributed by atoms with E-state index in [1.54, 1.807) is 30.3 Å². The van der Waals surface area contributed by atoms with Crippen molar-refractivity contribution >= 4 is 17.4 Å². The molecule has 1 aliphatic carbocycles. The summed E-state index contributed by atoms with van der Waals surface area (Å²) in [6, 6.07) is 16.8. The molecule has 1 amide bonds. The SMILES string of the molecule is O=C1C(=O)N(Cc2ccc(F)cc2)C(c2cccc(O)c2)/C1=C(/O)c1ccc2c(c1)CCCC2. The van der Waals surface area contributed by atoms with Crippen LogP contribution in [0.3, 0.4) is 0 Å². The van der Waals surface area contributed by atoms with Crippen LogP contribution in [0.4, 0.5) is 4.39 Å². The van der Waals surface area contributed by atoms with Crippen LogP contribution >= 0.6 is 0 Å². The van der Waals surface area contributed by atoms with E-state index in [0.717, 1.165) is 31.2 Å². The summed E-state index contributed by atoms with van der Waals surface area (Å²) in [6.45, 7) is 0.0478. The Hall–Kier alpha value is -3.93. The average molecular weight is 458 g/mol. The van der Waals surface area contributed by atoms with E-state index >= 15 is 0 Å². The minimum atomic E-state index is -0.895. The fourth-order valence-corrected chi connectivity index (χ4v) is 4.91. The Labute approximate surface area is 196 Å². The first-order valence-electron chi connectivity index (χ1n) is 11.4. The smallest absolute Gasteiger partial charge is 0.295 e. The van der Waals surface area contributed by atoms with Gasteiger partial charge in [-0.3, -0.25) is 9.59 Å². The van der Waals surface area contributed by atoms with E-state index in [2.05, 4.69) is 0 Å². The minimum Gasteiger partial charge on any atom is -0.508 e. The summed E-state index contributed by atoms with van der Waals surface area (Å²) in [5.41, 5.74) is 4.00. The second-order valence-electron chi connectivity index (χ2n) is 8.84. The van der Waals surface area contributed by atoms with E-state index in [0.29, 0.717) is 16.7 Å². The highest BCUT2D eigenvalue weighted by Crippen LogP contribution is 2.41. The minimum absolute atomic E-state index is 0.0151. The normalized spacial score (nSPS) is 19.3. The number of rotatable bonds is 4. The van der Waals surface area contributed by atoms with Crippen molar-refractivity contribution in [2.75, 3.05) is 0 Å². The first kappa shape index (κ1) is 21.9. The number of aryl methyl sites for hydroxylation is 2. The number of likely N-dealkylation sites (tertiary alicyclic amines) is 1. The average Bonchev–Trinajstić information content (AvgIpc) is 3.09. The van der Waals surface area contributed by atoms with Crippen LogP contribution in [0.25, 0.3) is 5.76 Å². The van der Waals surface area contributed by atoms with Crippen LogP contribution in [-0.2, 0) is 29.0 Å². The fraction of sp³-hybridized carbons (Fsp3) is 0.214. The van der Waals surface area contributed by atoms with Gasteiger partial charge in [-0.2, -0.15) is 0 Å². The summed E-state index contributed by atoms with van der Waals surface area (Å²) in [5, 5.41) is 21.4. The van der Waals surface area contributed by atoms with Gasteiger partial charge < -0.3 is 15.1 Å². The van der Waals surface area contributed by atoms with Crippen LogP contribution in [0.2, 0.25) is 0 Å². The van der Waals surface area contributed by atoms with E-state index in [4.69, 9.17) is 0 Å². The number of carbonyl (C=O) groups is 2. The largest absolute Gasteiger partial charge is 0.508 e. The lowest BCUT2D eigenvalue weighted by atomic mass is 9.88. The molecule has 3 aromatic carbocycles. The summed E-state index contributed by atoms with van der Waals surface area (Å²) in [4.78, 5) is 27.7. The number of aromatic hydroxyl groups is 1. The van der Waals surface area contributed by atoms with Gasteiger partial charge in [-0.1, -0.05) is 36.4 Å². The van der Waals surface area contributed by atoms with Crippen molar-refractivity contribution in [2.45, 2.75) is 38.3 Å². The van der Waals surface area contributed by atoms with Gasteiger partial charge in [0, 0.05) is 12.1 Å². The lowest BCUT2D eigenvalue weighted by Gasteiger charge is -2.25. The zero-order valence-corrected chi connectivity index (χ0v) is 18.5. The molecule has 1 heterocycles. The molecule has 2 N–H and O–H groups in total. The standard InChI is InChI=1S/C28H24FNO4/c29-22-12-8-17(9-13-22)16-30-25(20-6-3-7-23(31)15-20)24(27(33)28(30)34)26(32)21-11-10-18-4-1-2-5-19(18)14-21/h3,6-15,25,31-32H,1-2,4-5,16H2/b26-24-. The van der Waals surface area contributed by atoms with Gasteiger partial charge in [-0.15, -0.1) is 0 Å². The molecule has 5 nitrogen and oxygen atoms in total. The van der Waals surface area contributed by atoms with E-state index in [1.807, 2.05) is 12.1 Å². The predicted octanol–water partition coefficient (Wildman–Crippen LogP) is 5.03. The number of fused-ring (bicyclic) bond motifs is 1. The van der Waals surface area contributed by atoms with Crippen molar-refractivity contribution in [3.8, 4) is 5.75 Å². The second kappa shape index (κ2) is 8.78. The van der Waals surface area contributed by atoms with Crippen LogP contribution < -0.4 is 0 Å². The number of phenols is 1. The first-order valence-corrected chi connectivity index (χ1v) is 11.4. The third-order valence-electron chi connectivity index (χ3n) is 6.61. The number of hydrogen-bond donors (Lipinski definition) is 2. The molecular formula is C28H24FNO4. The van der Waals surface area contributed by atoms with Gasteiger partial charge in [0.1, 0.15) is 17.3 Å².